The van der Waals surface area contributed by atoms with Crippen LogP contribution in [0.25, 0.3) is 0 Å². The van der Waals surface area contributed by atoms with Crippen LogP contribution in [-0.2, 0) is 23.0 Å². The summed E-state index contributed by atoms with van der Waals surface area (Å²) in [4.78, 5) is 17.0. The summed E-state index contributed by atoms with van der Waals surface area (Å²) in [5.41, 5.74) is 1.88. The molecule has 0 aliphatic rings. The molecule has 8 nitrogen and oxygen atoms in total. The van der Waals surface area contributed by atoms with Crippen LogP contribution in [0, 0.1) is 0 Å². The molecular weight excluding hydrogens is 464 g/mol. The number of nitrogens with zero attached hydrogens (tertiary/aromatic N) is 2. The third-order valence-electron chi connectivity index (χ3n) is 5.41. The number of para-hydroxylation sites is 2. The minimum absolute atomic E-state index is 0.0443. The van der Waals surface area contributed by atoms with Gasteiger partial charge < -0.3 is 14.6 Å². The number of hydrogen-bond donors (Lipinski definition) is 2. The average Bonchev–Trinajstić information content (AvgIpc) is 3.31. The standard InChI is InChI=1S/C26H26N4O4S/c1-34-24-10-6-5-9-23(24)29-35(32,33)22-13-11-21(12-14-22)26(31)28-16-15-25-27-17-18-30(25)19-20-7-3-2-4-8-20/h2-14,17-18,29H,15-16,19H2,1H3,(H,28,31). The van der Waals surface area contributed by atoms with Crippen LogP contribution in [0.1, 0.15) is 21.7 Å². The summed E-state index contributed by atoms with van der Waals surface area (Å²) in [7, 11) is -2.37. The smallest absolute Gasteiger partial charge is 0.262 e. The number of carbonyl (C=O) groups is 1. The number of rotatable bonds is 10. The van der Waals surface area contributed by atoms with Crippen molar-refractivity contribution in [3.05, 3.63) is 108 Å². The van der Waals surface area contributed by atoms with E-state index in [1.54, 1.807) is 30.5 Å². The Morgan fingerprint density at radius 3 is 2.43 bits per heavy atom. The third kappa shape index (κ3) is 6.07. The molecule has 0 aliphatic heterocycles. The van der Waals surface area contributed by atoms with E-state index in [0.29, 0.717) is 36.5 Å². The minimum atomic E-state index is -3.84. The van der Waals surface area contributed by atoms with Crippen LogP contribution < -0.4 is 14.8 Å². The van der Waals surface area contributed by atoms with Crippen LogP contribution in [0.15, 0.2) is 96.2 Å². The quantitative estimate of drug-likeness (QED) is 0.353. The van der Waals surface area contributed by atoms with Crippen LogP contribution in [0.5, 0.6) is 5.75 Å². The molecule has 0 radical (unpaired) electrons. The van der Waals surface area contributed by atoms with Gasteiger partial charge in [0, 0.05) is 37.5 Å². The summed E-state index contributed by atoms with van der Waals surface area (Å²) < 4.78 is 35.2. The molecule has 180 valence electrons. The third-order valence-corrected chi connectivity index (χ3v) is 6.79. The summed E-state index contributed by atoms with van der Waals surface area (Å²) in [5, 5.41) is 2.87. The van der Waals surface area contributed by atoms with E-state index in [-0.39, 0.29) is 10.8 Å². The zero-order valence-electron chi connectivity index (χ0n) is 19.2. The van der Waals surface area contributed by atoms with Gasteiger partial charge in [-0.2, -0.15) is 0 Å². The lowest BCUT2D eigenvalue weighted by molar-refractivity contribution is 0.0954. The molecule has 1 aromatic heterocycles. The van der Waals surface area contributed by atoms with Crippen molar-refractivity contribution in [1.82, 2.24) is 14.9 Å². The van der Waals surface area contributed by atoms with Gasteiger partial charge in [-0.15, -0.1) is 0 Å². The van der Waals surface area contributed by atoms with Crippen molar-refractivity contribution in [2.75, 3.05) is 18.4 Å². The van der Waals surface area contributed by atoms with E-state index in [1.807, 2.05) is 24.4 Å². The molecule has 0 bridgehead atoms. The van der Waals surface area contributed by atoms with Gasteiger partial charge >= 0.3 is 0 Å². The minimum Gasteiger partial charge on any atom is -0.495 e. The van der Waals surface area contributed by atoms with Crippen molar-refractivity contribution < 1.29 is 17.9 Å². The number of anilines is 1. The Balaban J connectivity index is 1.34. The first-order valence-electron chi connectivity index (χ1n) is 11.0. The number of benzene rings is 3. The predicted molar refractivity (Wildman–Crippen MR) is 134 cm³/mol. The fraction of sp³-hybridized carbons (Fsp3) is 0.154. The van der Waals surface area contributed by atoms with Crippen LogP contribution in [0.2, 0.25) is 0 Å². The first-order valence-corrected chi connectivity index (χ1v) is 12.5. The van der Waals surface area contributed by atoms with Gasteiger partial charge in [-0.1, -0.05) is 42.5 Å². The van der Waals surface area contributed by atoms with E-state index < -0.39 is 10.0 Å². The second kappa shape index (κ2) is 10.9. The molecule has 0 spiro atoms. The van der Waals surface area contributed by atoms with E-state index in [9.17, 15) is 13.2 Å². The normalized spacial score (nSPS) is 11.1. The van der Waals surface area contributed by atoms with E-state index in [2.05, 4.69) is 31.7 Å². The first-order chi connectivity index (χ1) is 17.0. The molecule has 35 heavy (non-hydrogen) atoms. The molecule has 1 heterocycles. The van der Waals surface area contributed by atoms with Crippen LogP contribution in [-0.4, -0.2) is 37.5 Å². The number of ether oxygens (including phenoxy) is 1. The second-order valence-corrected chi connectivity index (χ2v) is 9.48. The fourth-order valence-electron chi connectivity index (χ4n) is 3.60. The highest BCUT2D eigenvalue weighted by Gasteiger charge is 2.17. The molecule has 0 saturated heterocycles. The number of aromatic nitrogens is 2. The van der Waals surface area contributed by atoms with Gasteiger partial charge in [0.15, 0.2) is 0 Å². The zero-order valence-corrected chi connectivity index (χ0v) is 20.0. The van der Waals surface area contributed by atoms with Crippen molar-refractivity contribution in [2.45, 2.75) is 17.9 Å². The van der Waals surface area contributed by atoms with E-state index in [1.165, 1.54) is 36.9 Å². The lowest BCUT2D eigenvalue weighted by Gasteiger charge is -2.12. The topological polar surface area (TPSA) is 102 Å². The number of imidazole rings is 1. The number of hydrogen-bond acceptors (Lipinski definition) is 5. The summed E-state index contributed by atoms with van der Waals surface area (Å²) >= 11 is 0. The summed E-state index contributed by atoms with van der Waals surface area (Å²) in [6.07, 6.45) is 4.24. The first kappa shape index (κ1) is 24.0. The SMILES string of the molecule is COc1ccccc1NS(=O)(=O)c1ccc(C(=O)NCCc2nccn2Cc2ccccc2)cc1. The molecule has 9 heteroatoms. The van der Waals surface area contributed by atoms with Crippen molar-refractivity contribution in [1.29, 1.82) is 0 Å². The number of methoxy groups -OCH3 is 1. The highest BCUT2D eigenvalue weighted by molar-refractivity contribution is 7.92. The maximum absolute atomic E-state index is 12.7. The lowest BCUT2D eigenvalue weighted by atomic mass is 10.2. The number of sulfonamides is 1. The summed E-state index contributed by atoms with van der Waals surface area (Å²) in [6, 6.07) is 22.6. The maximum Gasteiger partial charge on any atom is 0.262 e. The van der Waals surface area contributed by atoms with Crippen molar-refractivity contribution in [2.24, 2.45) is 0 Å². The second-order valence-electron chi connectivity index (χ2n) is 7.79. The Morgan fingerprint density at radius 1 is 0.971 bits per heavy atom. The van der Waals surface area contributed by atoms with Crippen molar-refractivity contribution in [3.63, 3.8) is 0 Å². The summed E-state index contributed by atoms with van der Waals surface area (Å²) in [5.74, 6) is 1.00. The van der Waals surface area contributed by atoms with Crippen LogP contribution in [0.3, 0.4) is 0 Å². The molecule has 4 rings (SSSR count). The van der Waals surface area contributed by atoms with E-state index >= 15 is 0 Å². The molecule has 3 aromatic carbocycles. The molecule has 0 unspecified atom stereocenters. The van der Waals surface area contributed by atoms with Gasteiger partial charge in [0.05, 0.1) is 17.7 Å². The highest BCUT2D eigenvalue weighted by Crippen LogP contribution is 2.26. The molecule has 0 aliphatic carbocycles. The monoisotopic (exact) mass is 490 g/mol. The number of nitrogens with one attached hydrogen (secondary N) is 2. The molecule has 1 amide bonds. The highest BCUT2D eigenvalue weighted by atomic mass is 32.2. The Labute approximate surface area is 204 Å². The van der Waals surface area contributed by atoms with Crippen LogP contribution >= 0.6 is 0 Å². The Morgan fingerprint density at radius 2 is 1.69 bits per heavy atom. The van der Waals surface area contributed by atoms with Crippen molar-refractivity contribution >= 4 is 21.6 Å². The lowest BCUT2D eigenvalue weighted by Crippen LogP contribution is -2.26. The average molecular weight is 491 g/mol. The van der Waals surface area contributed by atoms with E-state index in [0.717, 1.165) is 5.82 Å². The largest absolute Gasteiger partial charge is 0.495 e. The Bertz CT molecular complexity index is 1380. The van der Waals surface area contributed by atoms with Gasteiger partial charge in [-0.05, 0) is 42.0 Å². The molecular formula is C26H26N4O4S. The van der Waals surface area contributed by atoms with Gasteiger partial charge in [-0.25, -0.2) is 13.4 Å². The Hall–Kier alpha value is -4.11. The van der Waals surface area contributed by atoms with Crippen LogP contribution in [0.4, 0.5) is 5.69 Å². The number of amides is 1. The van der Waals surface area contributed by atoms with Crippen molar-refractivity contribution in [3.8, 4) is 5.75 Å². The van der Waals surface area contributed by atoms with Gasteiger partial charge in [0.25, 0.3) is 15.9 Å². The molecule has 0 atom stereocenters. The molecule has 0 saturated carbocycles. The van der Waals surface area contributed by atoms with Gasteiger partial charge in [0.2, 0.25) is 0 Å². The maximum atomic E-state index is 12.7. The Kier molecular flexibility index (Phi) is 7.47. The fourth-order valence-corrected chi connectivity index (χ4v) is 4.67. The number of carbonyl (C=O) groups excluding carboxylic acids is 1. The molecule has 2 N–H and O–H groups in total. The molecule has 0 fully saturated rings. The predicted octanol–water partition coefficient (Wildman–Crippen LogP) is 3.71. The zero-order chi connectivity index (χ0) is 24.7. The van der Waals surface area contributed by atoms with E-state index in [4.69, 9.17) is 4.74 Å². The van der Waals surface area contributed by atoms with Gasteiger partial charge in [-0.3, -0.25) is 9.52 Å². The molecule has 4 aromatic rings. The van der Waals surface area contributed by atoms with Gasteiger partial charge in [0.1, 0.15) is 11.6 Å². The summed E-state index contributed by atoms with van der Waals surface area (Å²) in [6.45, 7) is 1.11.